The third kappa shape index (κ3) is 4.21. The van der Waals surface area contributed by atoms with E-state index < -0.39 is 10.0 Å². The van der Waals surface area contributed by atoms with Crippen molar-refractivity contribution in [1.29, 1.82) is 5.26 Å². The first-order valence-corrected chi connectivity index (χ1v) is 8.47. The molecule has 0 saturated carbocycles. The Balaban J connectivity index is 2.15. The van der Waals surface area contributed by atoms with E-state index in [4.69, 9.17) is 5.26 Å². The average Bonchev–Trinajstić information content (AvgIpc) is 2.60. The summed E-state index contributed by atoms with van der Waals surface area (Å²) in [4.78, 5) is 11.8. The average molecular weight is 341 g/mol. The highest BCUT2D eigenvalue weighted by molar-refractivity contribution is 7.92. The summed E-state index contributed by atoms with van der Waals surface area (Å²) in [6.07, 6.45) is 1.55. The van der Waals surface area contributed by atoms with Gasteiger partial charge in [0.25, 0.3) is 15.9 Å². The van der Waals surface area contributed by atoms with E-state index in [-0.39, 0.29) is 10.8 Å². The number of anilines is 1. The molecule has 0 heterocycles. The first-order chi connectivity index (χ1) is 11.5. The number of carbonyl (C=O) groups is 1. The third-order valence-corrected chi connectivity index (χ3v) is 4.50. The Morgan fingerprint density at radius 2 is 1.75 bits per heavy atom. The van der Waals surface area contributed by atoms with Crippen LogP contribution in [0.4, 0.5) is 5.69 Å². The number of rotatable bonds is 6. The number of nitrogens with zero attached hydrogens (tertiary/aromatic N) is 1. The molecule has 6 nitrogen and oxygen atoms in total. The van der Waals surface area contributed by atoms with Crippen LogP contribution in [-0.4, -0.2) is 20.9 Å². The van der Waals surface area contributed by atoms with Gasteiger partial charge in [-0.15, -0.1) is 6.58 Å². The molecule has 0 atom stereocenters. The fourth-order valence-corrected chi connectivity index (χ4v) is 2.94. The minimum absolute atomic E-state index is 0.0344. The number of hydrogen-bond acceptors (Lipinski definition) is 4. The number of sulfonamides is 1. The Morgan fingerprint density at radius 1 is 1.12 bits per heavy atom. The summed E-state index contributed by atoms with van der Waals surface area (Å²) < 4.78 is 27.1. The molecule has 0 unspecified atom stereocenters. The van der Waals surface area contributed by atoms with E-state index in [2.05, 4.69) is 16.6 Å². The first kappa shape index (κ1) is 17.2. The zero-order chi connectivity index (χ0) is 17.6. The van der Waals surface area contributed by atoms with Gasteiger partial charge in [0.2, 0.25) is 0 Å². The SMILES string of the molecule is C=CCNC(=O)c1ccc(S(=O)(=O)Nc2ccc(C#N)cc2)cc1. The maximum Gasteiger partial charge on any atom is 0.261 e. The van der Waals surface area contributed by atoms with Crippen LogP contribution in [0.3, 0.4) is 0 Å². The van der Waals surface area contributed by atoms with Crippen molar-refractivity contribution in [3.05, 3.63) is 72.3 Å². The molecule has 0 fully saturated rings. The van der Waals surface area contributed by atoms with E-state index in [9.17, 15) is 13.2 Å². The fourth-order valence-electron chi connectivity index (χ4n) is 1.88. The molecule has 2 aromatic rings. The van der Waals surface area contributed by atoms with Crippen LogP contribution in [0.2, 0.25) is 0 Å². The van der Waals surface area contributed by atoms with Crippen molar-refractivity contribution in [2.75, 3.05) is 11.3 Å². The quantitative estimate of drug-likeness (QED) is 0.787. The molecule has 2 N–H and O–H groups in total. The zero-order valence-electron chi connectivity index (χ0n) is 12.7. The molecule has 0 aromatic heterocycles. The number of nitrogens with one attached hydrogen (secondary N) is 2. The van der Waals surface area contributed by atoms with Crippen LogP contribution >= 0.6 is 0 Å². The Morgan fingerprint density at radius 3 is 2.29 bits per heavy atom. The van der Waals surface area contributed by atoms with Crippen molar-refractivity contribution in [2.24, 2.45) is 0 Å². The molecule has 0 aliphatic carbocycles. The summed E-state index contributed by atoms with van der Waals surface area (Å²) in [5.41, 5.74) is 1.14. The number of hydrogen-bond donors (Lipinski definition) is 2. The normalized spacial score (nSPS) is 10.5. The van der Waals surface area contributed by atoms with Crippen molar-refractivity contribution in [3.63, 3.8) is 0 Å². The second-order valence-electron chi connectivity index (χ2n) is 4.82. The molecule has 7 heteroatoms. The maximum absolute atomic E-state index is 12.3. The Bertz CT molecular complexity index is 880. The Hall–Kier alpha value is -3.11. The van der Waals surface area contributed by atoms with Gasteiger partial charge in [0.05, 0.1) is 16.5 Å². The van der Waals surface area contributed by atoms with E-state index in [1.807, 2.05) is 6.07 Å². The fraction of sp³-hybridized carbons (Fsp3) is 0.0588. The summed E-state index contributed by atoms with van der Waals surface area (Å²) in [6, 6.07) is 13.6. The summed E-state index contributed by atoms with van der Waals surface area (Å²) in [5.74, 6) is -0.307. The molecule has 0 aliphatic heterocycles. The number of amides is 1. The van der Waals surface area contributed by atoms with Crippen LogP contribution < -0.4 is 10.0 Å². The van der Waals surface area contributed by atoms with Crippen LogP contribution in [0.1, 0.15) is 15.9 Å². The van der Waals surface area contributed by atoms with Gasteiger partial charge in [0, 0.05) is 17.8 Å². The number of benzene rings is 2. The Labute approximate surface area is 140 Å². The molecular weight excluding hydrogens is 326 g/mol. The predicted molar refractivity (Wildman–Crippen MR) is 90.9 cm³/mol. The molecule has 122 valence electrons. The lowest BCUT2D eigenvalue weighted by atomic mass is 10.2. The minimum atomic E-state index is -3.77. The van der Waals surface area contributed by atoms with Crippen LogP contribution in [0, 0.1) is 11.3 Å². The van der Waals surface area contributed by atoms with Gasteiger partial charge in [0.1, 0.15) is 0 Å². The molecule has 0 aliphatic rings. The third-order valence-electron chi connectivity index (χ3n) is 3.10. The summed E-state index contributed by atoms with van der Waals surface area (Å²) >= 11 is 0. The predicted octanol–water partition coefficient (Wildman–Crippen LogP) is 2.27. The molecule has 0 saturated heterocycles. The van der Waals surface area contributed by atoms with Crippen LogP contribution in [0.5, 0.6) is 0 Å². The lowest BCUT2D eigenvalue weighted by Crippen LogP contribution is -2.23. The molecular formula is C17H15N3O3S. The zero-order valence-corrected chi connectivity index (χ0v) is 13.5. The smallest absolute Gasteiger partial charge is 0.261 e. The molecule has 2 rings (SSSR count). The highest BCUT2D eigenvalue weighted by atomic mass is 32.2. The maximum atomic E-state index is 12.3. The van der Waals surface area contributed by atoms with E-state index in [1.165, 1.54) is 48.5 Å². The number of carbonyl (C=O) groups excluding carboxylic acids is 1. The van der Waals surface area contributed by atoms with Gasteiger partial charge in [-0.2, -0.15) is 5.26 Å². The standard InChI is InChI=1S/C17H15N3O3S/c1-2-11-19-17(21)14-5-9-16(10-6-14)24(22,23)20-15-7-3-13(12-18)4-8-15/h2-10,20H,1,11H2,(H,19,21). The lowest BCUT2D eigenvalue weighted by molar-refractivity contribution is 0.0958. The monoisotopic (exact) mass is 341 g/mol. The topological polar surface area (TPSA) is 99.1 Å². The van der Waals surface area contributed by atoms with Gasteiger partial charge in [-0.1, -0.05) is 6.08 Å². The second-order valence-corrected chi connectivity index (χ2v) is 6.50. The summed E-state index contributed by atoms with van der Waals surface area (Å²) in [7, 11) is -3.77. The lowest BCUT2D eigenvalue weighted by Gasteiger charge is -2.09. The van der Waals surface area contributed by atoms with Gasteiger partial charge < -0.3 is 5.32 Å². The largest absolute Gasteiger partial charge is 0.349 e. The number of nitriles is 1. The van der Waals surface area contributed by atoms with Crippen LogP contribution in [-0.2, 0) is 10.0 Å². The van der Waals surface area contributed by atoms with Gasteiger partial charge in [0.15, 0.2) is 0 Å². The van der Waals surface area contributed by atoms with Crippen molar-refractivity contribution in [3.8, 4) is 6.07 Å². The molecule has 0 bridgehead atoms. The van der Waals surface area contributed by atoms with E-state index in [1.54, 1.807) is 6.08 Å². The van der Waals surface area contributed by atoms with Crippen molar-refractivity contribution < 1.29 is 13.2 Å². The first-order valence-electron chi connectivity index (χ1n) is 6.98. The highest BCUT2D eigenvalue weighted by Gasteiger charge is 2.15. The van der Waals surface area contributed by atoms with Crippen LogP contribution in [0.15, 0.2) is 66.1 Å². The summed E-state index contributed by atoms with van der Waals surface area (Å²) in [6.45, 7) is 3.84. The van der Waals surface area contributed by atoms with E-state index in [0.29, 0.717) is 23.4 Å². The van der Waals surface area contributed by atoms with Gasteiger partial charge in [-0.25, -0.2) is 8.42 Å². The van der Waals surface area contributed by atoms with Gasteiger partial charge in [-0.05, 0) is 48.5 Å². The van der Waals surface area contributed by atoms with E-state index >= 15 is 0 Å². The van der Waals surface area contributed by atoms with Crippen molar-refractivity contribution in [1.82, 2.24) is 5.32 Å². The molecule has 2 aromatic carbocycles. The van der Waals surface area contributed by atoms with Gasteiger partial charge in [-0.3, -0.25) is 9.52 Å². The van der Waals surface area contributed by atoms with Crippen molar-refractivity contribution >= 4 is 21.6 Å². The molecule has 1 amide bonds. The molecule has 24 heavy (non-hydrogen) atoms. The minimum Gasteiger partial charge on any atom is -0.349 e. The molecule has 0 radical (unpaired) electrons. The van der Waals surface area contributed by atoms with Gasteiger partial charge >= 0.3 is 0 Å². The summed E-state index contributed by atoms with van der Waals surface area (Å²) in [5, 5.41) is 11.3. The Kier molecular flexibility index (Phi) is 5.35. The van der Waals surface area contributed by atoms with Crippen molar-refractivity contribution in [2.45, 2.75) is 4.90 Å². The highest BCUT2D eigenvalue weighted by Crippen LogP contribution is 2.17. The molecule has 0 spiro atoms. The van der Waals surface area contributed by atoms with Crippen LogP contribution in [0.25, 0.3) is 0 Å². The van der Waals surface area contributed by atoms with E-state index in [0.717, 1.165) is 0 Å². The second kappa shape index (κ2) is 7.44.